The Balaban J connectivity index is 2.09. The quantitative estimate of drug-likeness (QED) is 0.635. The smallest absolute Gasteiger partial charge is 0.242 e. The second kappa shape index (κ2) is 7.54. The number of methoxy groups -OCH3 is 1. The Labute approximate surface area is 125 Å². The lowest BCUT2D eigenvalue weighted by molar-refractivity contribution is -0.126. The molecular formula is C16H24N2O3. The molecule has 0 radical (unpaired) electrons. The van der Waals surface area contributed by atoms with Crippen molar-refractivity contribution in [2.45, 2.75) is 30.8 Å². The number of amides is 1. The van der Waals surface area contributed by atoms with E-state index in [1.807, 2.05) is 30.3 Å². The van der Waals surface area contributed by atoms with E-state index in [1.54, 1.807) is 7.11 Å². The van der Waals surface area contributed by atoms with Crippen LogP contribution in [-0.4, -0.2) is 38.9 Å². The van der Waals surface area contributed by atoms with Crippen LogP contribution in [0.5, 0.6) is 0 Å². The Kier molecular flexibility index (Phi) is 5.73. The van der Waals surface area contributed by atoms with E-state index in [4.69, 9.17) is 15.2 Å². The van der Waals surface area contributed by atoms with Gasteiger partial charge in [0, 0.05) is 26.2 Å². The van der Waals surface area contributed by atoms with Crippen molar-refractivity contribution in [1.29, 1.82) is 0 Å². The van der Waals surface area contributed by atoms with E-state index in [-0.39, 0.29) is 5.91 Å². The third kappa shape index (κ3) is 4.27. The van der Waals surface area contributed by atoms with E-state index in [2.05, 4.69) is 5.32 Å². The highest BCUT2D eigenvalue weighted by atomic mass is 16.5. The van der Waals surface area contributed by atoms with Gasteiger partial charge in [-0.3, -0.25) is 10.1 Å². The second-order valence-corrected chi connectivity index (χ2v) is 5.41. The van der Waals surface area contributed by atoms with E-state index >= 15 is 0 Å². The Morgan fingerprint density at radius 1 is 1.29 bits per heavy atom. The predicted molar refractivity (Wildman–Crippen MR) is 80.8 cm³/mol. The number of primary amides is 1. The number of nitrogens with two attached hydrogens (primary N) is 1. The van der Waals surface area contributed by atoms with Crippen LogP contribution in [0.25, 0.3) is 0 Å². The lowest BCUT2D eigenvalue weighted by atomic mass is 9.85. The second-order valence-electron chi connectivity index (χ2n) is 5.41. The van der Waals surface area contributed by atoms with Crippen molar-refractivity contribution in [2.75, 3.05) is 26.9 Å². The summed E-state index contributed by atoms with van der Waals surface area (Å²) in [6.45, 7) is 1.52. The summed E-state index contributed by atoms with van der Waals surface area (Å²) in [4.78, 5) is 12.2. The summed E-state index contributed by atoms with van der Waals surface area (Å²) < 4.78 is 10.5. The van der Waals surface area contributed by atoms with Crippen molar-refractivity contribution >= 4 is 5.91 Å². The number of hydrogen-bond acceptors (Lipinski definition) is 4. The first-order valence-electron chi connectivity index (χ1n) is 7.39. The first kappa shape index (κ1) is 15.9. The maximum atomic E-state index is 12.2. The Bertz CT molecular complexity index is 448. The molecule has 0 bridgehead atoms. The monoisotopic (exact) mass is 292 g/mol. The van der Waals surface area contributed by atoms with Crippen LogP contribution in [0.1, 0.15) is 24.8 Å². The van der Waals surface area contributed by atoms with Gasteiger partial charge in [-0.25, -0.2) is 0 Å². The zero-order valence-corrected chi connectivity index (χ0v) is 12.5. The van der Waals surface area contributed by atoms with E-state index in [9.17, 15) is 4.79 Å². The first-order valence-corrected chi connectivity index (χ1v) is 7.39. The molecule has 0 saturated heterocycles. The van der Waals surface area contributed by atoms with Gasteiger partial charge < -0.3 is 15.2 Å². The minimum Gasteiger partial charge on any atom is -0.382 e. The minimum atomic E-state index is -0.852. The van der Waals surface area contributed by atoms with Gasteiger partial charge in [0.25, 0.3) is 0 Å². The van der Waals surface area contributed by atoms with Gasteiger partial charge in [0.2, 0.25) is 5.91 Å². The van der Waals surface area contributed by atoms with Crippen molar-refractivity contribution in [3.8, 4) is 0 Å². The molecule has 1 aromatic carbocycles. The summed E-state index contributed by atoms with van der Waals surface area (Å²) in [6.07, 6.45) is 2.70. The van der Waals surface area contributed by atoms with Gasteiger partial charge in [-0.2, -0.15) is 0 Å². The van der Waals surface area contributed by atoms with Gasteiger partial charge >= 0.3 is 0 Å². The molecule has 2 rings (SSSR count). The number of benzene rings is 1. The molecule has 1 aromatic rings. The van der Waals surface area contributed by atoms with E-state index in [1.165, 1.54) is 0 Å². The molecule has 3 N–H and O–H groups in total. The molecule has 1 fully saturated rings. The maximum absolute atomic E-state index is 12.2. The maximum Gasteiger partial charge on any atom is 0.242 e. The zero-order chi connectivity index (χ0) is 15.1. The molecular weight excluding hydrogens is 268 g/mol. The fourth-order valence-corrected chi connectivity index (χ4v) is 2.40. The standard InChI is InChI=1S/C16H24N2O3/c1-20-11-12-21-10-9-16(15(17)19,18-14-7-8-14)13-5-3-2-4-6-13/h2-6,14,18H,7-12H2,1H3,(H2,17,19). The van der Waals surface area contributed by atoms with Crippen molar-refractivity contribution in [3.05, 3.63) is 35.9 Å². The average molecular weight is 292 g/mol. The molecule has 5 heteroatoms. The summed E-state index contributed by atoms with van der Waals surface area (Å²) >= 11 is 0. The number of ether oxygens (including phenoxy) is 2. The Morgan fingerprint density at radius 2 is 2.00 bits per heavy atom. The van der Waals surface area contributed by atoms with Crippen LogP contribution in [0.3, 0.4) is 0 Å². The molecule has 1 amide bonds. The van der Waals surface area contributed by atoms with Gasteiger partial charge in [0.1, 0.15) is 5.54 Å². The average Bonchev–Trinajstić information content (AvgIpc) is 3.30. The van der Waals surface area contributed by atoms with Gasteiger partial charge in [-0.15, -0.1) is 0 Å². The normalized spacial score (nSPS) is 17.4. The van der Waals surface area contributed by atoms with Crippen LogP contribution in [0.4, 0.5) is 0 Å². The largest absolute Gasteiger partial charge is 0.382 e. The number of hydrogen-bond donors (Lipinski definition) is 2. The van der Waals surface area contributed by atoms with Gasteiger partial charge in [0.15, 0.2) is 0 Å². The predicted octanol–water partition coefficient (Wildman–Crippen LogP) is 1.17. The topological polar surface area (TPSA) is 73.6 Å². The van der Waals surface area contributed by atoms with Crippen molar-refractivity contribution < 1.29 is 14.3 Å². The summed E-state index contributed by atoms with van der Waals surface area (Å²) in [5.41, 5.74) is 5.79. The van der Waals surface area contributed by atoms with Crippen LogP contribution in [0.2, 0.25) is 0 Å². The fourth-order valence-electron chi connectivity index (χ4n) is 2.40. The van der Waals surface area contributed by atoms with Crippen molar-refractivity contribution in [3.63, 3.8) is 0 Å². The molecule has 0 aliphatic heterocycles. The summed E-state index contributed by atoms with van der Waals surface area (Å²) in [5, 5.41) is 3.43. The van der Waals surface area contributed by atoms with Gasteiger partial charge in [-0.1, -0.05) is 30.3 Å². The van der Waals surface area contributed by atoms with Crippen LogP contribution >= 0.6 is 0 Å². The highest BCUT2D eigenvalue weighted by Crippen LogP contribution is 2.31. The molecule has 0 heterocycles. The molecule has 0 spiro atoms. The molecule has 1 aliphatic rings. The third-order valence-electron chi connectivity index (χ3n) is 3.77. The van der Waals surface area contributed by atoms with Gasteiger partial charge in [-0.05, 0) is 18.4 Å². The molecule has 116 valence electrons. The zero-order valence-electron chi connectivity index (χ0n) is 12.5. The highest BCUT2D eigenvalue weighted by Gasteiger charge is 2.42. The molecule has 1 saturated carbocycles. The lowest BCUT2D eigenvalue weighted by Gasteiger charge is -2.32. The number of rotatable bonds is 10. The van der Waals surface area contributed by atoms with E-state index in [0.29, 0.717) is 32.3 Å². The fraction of sp³-hybridized carbons (Fsp3) is 0.562. The van der Waals surface area contributed by atoms with Crippen LogP contribution < -0.4 is 11.1 Å². The van der Waals surface area contributed by atoms with E-state index in [0.717, 1.165) is 18.4 Å². The molecule has 21 heavy (non-hydrogen) atoms. The molecule has 1 aliphatic carbocycles. The minimum absolute atomic E-state index is 0.351. The lowest BCUT2D eigenvalue weighted by Crippen LogP contribution is -2.54. The summed E-state index contributed by atoms with van der Waals surface area (Å²) in [5.74, 6) is -0.351. The van der Waals surface area contributed by atoms with E-state index < -0.39 is 5.54 Å². The van der Waals surface area contributed by atoms with Crippen molar-refractivity contribution in [1.82, 2.24) is 5.32 Å². The number of nitrogens with one attached hydrogen (secondary N) is 1. The summed E-state index contributed by atoms with van der Waals surface area (Å²) in [6, 6.07) is 10.0. The molecule has 1 unspecified atom stereocenters. The van der Waals surface area contributed by atoms with Crippen molar-refractivity contribution in [2.24, 2.45) is 5.73 Å². The summed E-state index contributed by atoms with van der Waals surface area (Å²) in [7, 11) is 1.63. The first-order chi connectivity index (χ1) is 10.2. The van der Waals surface area contributed by atoms with Crippen LogP contribution in [0, 0.1) is 0 Å². The number of carbonyl (C=O) groups excluding carboxylic acids is 1. The SMILES string of the molecule is COCCOCCC(NC1CC1)(C(N)=O)c1ccccc1. The van der Waals surface area contributed by atoms with Crippen LogP contribution in [-0.2, 0) is 19.8 Å². The van der Waals surface area contributed by atoms with Gasteiger partial charge in [0.05, 0.1) is 13.2 Å². The van der Waals surface area contributed by atoms with Crippen LogP contribution in [0.15, 0.2) is 30.3 Å². The molecule has 5 nitrogen and oxygen atoms in total. The molecule has 1 atom stereocenters. The number of carbonyl (C=O) groups is 1. The molecule has 0 aromatic heterocycles. The third-order valence-corrected chi connectivity index (χ3v) is 3.77. The Hall–Kier alpha value is -1.43. The Morgan fingerprint density at radius 3 is 2.57 bits per heavy atom. The highest BCUT2D eigenvalue weighted by molar-refractivity contribution is 5.86.